The summed E-state index contributed by atoms with van der Waals surface area (Å²) in [6.07, 6.45) is 3.33. The molecule has 0 amide bonds. The molecule has 7 nitrogen and oxygen atoms in total. The smallest absolute Gasteiger partial charge is 0.324 e. The van der Waals surface area contributed by atoms with Crippen molar-refractivity contribution in [2.45, 2.75) is 37.9 Å². The van der Waals surface area contributed by atoms with Crippen molar-refractivity contribution in [2.24, 2.45) is 0 Å². The van der Waals surface area contributed by atoms with Crippen LogP contribution in [-0.2, 0) is 13.0 Å². The summed E-state index contributed by atoms with van der Waals surface area (Å²) in [5, 5.41) is 17.2. The molecule has 0 unspecified atom stereocenters. The van der Waals surface area contributed by atoms with Crippen LogP contribution >= 0.6 is 0 Å². The summed E-state index contributed by atoms with van der Waals surface area (Å²) < 4.78 is 6.42. The molecule has 0 spiro atoms. The first-order valence-electron chi connectivity index (χ1n) is 14.6. The van der Waals surface area contributed by atoms with Crippen LogP contribution < -0.4 is 15.0 Å². The van der Waals surface area contributed by atoms with Crippen molar-refractivity contribution < 1.29 is 9.84 Å². The average molecular weight is 544 g/mol. The largest absolute Gasteiger partial charge is 0.508 e. The fourth-order valence-electron chi connectivity index (χ4n) is 7.00. The van der Waals surface area contributed by atoms with Gasteiger partial charge in [0.1, 0.15) is 17.3 Å². The molecule has 3 aliphatic heterocycles. The van der Waals surface area contributed by atoms with Gasteiger partial charge in [0.25, 0.3) is 0 Å². The molecule has 0 radical (unpaired) electrons. The lowest BCUT2D eigenvalue weighted by atomic mass is 9.97. The summed E-state index contributed by atoms with van der Waals surface area (Å²) in [5.74, 6) is 1.98. The van der Waals surface area contributed by atoms with Gasteiger partial charge in [-0.15, -0.1) is 0 Å². The minimum atomic E-state index is 0.252. The fraction of sp³-hybridized carbons (Fsp3) is 0.294. The third kappa shape index (κ3) is 4.36. The summed E-state index contributed by atoms with van der Waals surface area (Å²) in [6.45, 7) is 3.94. The van der Waals surface area contributed by atoms with Gasteiger partial charge in [0.15, 0.2) is 0 Å². The van der Waals surface area contributed by atoms with E-state index in [2.05, 4.69) is 58.6 Å². The van der Waals surface area contributed by atoms with E-state index in [9.17, 15) is 5.11 Å². The zero-order valence-corrected chi connectivity index (χ0v) is 23.2. The molecular weight excluding hydrogens is 510 g/mol. The Bertz CT molecular complexity index is 1790. The van der Waals surface area contributed by atoms with E-state index in [0.717, 1.165) is 89.8 Å². The fourth-order valence-corrected chi connectivity index (χ4v) is 7.00. The van der Waals surface area contributed by atoms with Crippen molar-refractivity contribution in [3.05, 3.63) is 83.9 Å². The second kappa shape index (κ2) is 9.72. The summed E-state index contributed by atoms with van der Waals surface area (Å²) >= 11 is 0. The average Bonchev–Trinajstić information content (AvgIpc) is 3.23. The Labute approximate surface area is 239 Å². The minimum Gasteiger partial charge on any atom is -0.508 e. The SMILES string of the molecule is CN1CCc2cc(Oc3nc(N4[C@@H]5CC[C@H]4CNC5)c4ccc(-c5cc(O)cc6ccccc56)cc4n3)ccc2C1. The number of aromatic hydroxyl groups is 1. The standard InChI is InChI=1S/C34H33N5O2/c1-38-13-12-21-15-28(10-6-24(21)20-38)41-34-36-32-16-23(31-17-27(40)14-22-4-2-3-5-29(22)31)7-11-30(32)33(37-34)39-25-8-9-26(39)19-35-18-25/h2-7,10-11,14-17,25-26,35,40H,8-9,12-13,18-20H2,1H3/t25-,26+. The van der Waals surface area contributed by atoms with E-state index in [0.29, 0.717) is 18.1 Å². The number of phenols is 1. The van der Waals surface area contributed by atoms with Crippen LogP contribution in [0.2, 0.25) is 0 Å². The first-order valence-corrected chi connectivity index (χ1v) is 14.6. The van der Waals surface area contributed by atoms with Crippen molar-refractivity contribution in [2.75, 3.05) is 31.6 Å². The topological polar surface area (TPSA) is 73.8 Å². The first kappa shape index (κ1) is 24.6. The zero-order chi connectivity index (χ0) is 27.5. The molecule has 2 fully saturated rings. The summed E-state index contributed by atoms with van der Waals surface area (Å²) in [5.41, 5.74) is 5.51. The van der Waals surface area contributed by atoms with Crippen LogP contribution in [0.1, 0.15) is 24.0 Å². The first-order chi connectivity index (χ1) is 20.1. The molecule has 7 heteroatoms. The van der Waals surface area contributed by atoms with Crippen LogP contribution in [0.25, 0.3) is 32.8 Å². The van der Waals surface area contributed by atoms with E-state index >= 15 is 0 Å². The third-order valence-electron chi connectivity index (χ3n) is 9.03. The number of phenolic OH excluding ortho intramolecular Hbond substituents is 1. The highest BCUT2D eigenvalue weighted by Crippen LogP contribution is 2.40. The van der Waals surface area contributed by atoms with Gasteiger partial charge in [0.2, 0.25) is 0 Å². The molecule has 3 aliphatic rings. The molecule has 2 saturated heterocycles. The van der Waals surface area contributed by atoms with E-state index in [4.69, 9.17) is 14.7 Å². The highest BCUT2D eigenvalue weighted by atomic mass is 16.5. The summed E-state index contributed by atoms with van der Waals surface area (Å²) in [7, 11) is 2.16. The number of fused-ring (bicyclic) bond motifs is 5. The normalized spacial score (nSPS) is 20.5. The highest BCUT2D eigenvalue weighted by Gasteiger charge is 2.38. The maximum absolute atomic E-state index is 10.5. The number of anilines is 1. The Morgan fingerprint density at radius 2 is 1.73 bits per heavy atom. The van der Waals surface area contributed by atoms with Crippen LogP contribution in [0, 0.1) is 0 Å². The van der Waals surface area contributed by atoms with E-state index in [-0.39, 0.29) is 5.75 Å². The molecule has 41 heavy (non-hydrogen) atoms. The lowest BCUT2D eigenvalue weighted by Crippen LogP contribution is -2.52. The molecule has 0 aliphatic carbocycles. The van der Waals surface area contributed by atoms with Crippen LogP contribution in [-0.4, -0.2) is 58.7 Å². The van der Waals surface area contributed by atoms with Gasteiger partial charge in [-0.3, -0.25) is 0 Å². The lowest BCUT2D eigenvalue weighted by Gasteiger charge is -2.36. The minimum absolute atomic E-state index is 0.252. The van der Waals surface area contributed by atoms with Gasteiger partial charge < -0.3 is 25.0 Å². The van der Waals surface area contributed by atoms with E-state index in [1.165, 1.54) is 11.1 Å². The monoisotopic (exact) mass is 543 g/mol. The van der Waals surface area contributed by atoms with Crippen LogP contribution in [0.5, 0.6) is 17.5 Å². The number of nitrogens with zero attached hydrogens (tertiary/aromatic N) is 4. The van der Waals surface area contributed by atoms with Crippen LogP contribution in [0.3, 0.4) is 0 Å². The predicted molar refractivity (Wildman–Crippen MR) is 163 cm³/mol. The van der Waals surface area contributed by atoms with Gasteiger partial charge in [-0.2, -0.15) is 9.97 Å². The van der Waals surface area contributed by atoms with Crippen LogP contribution in [0.15, 0.2) is 72.8 Å². The Kier molecular flexibility index (Phi) is 5.83. The molecule has 8 rings (SSSR count). The van der Waals surface area contributed by atoms with Crippen molar-refractivity contribution in [1.29, 1.82) is 0 Å². The van der Waals surface area contributed by atoms with Crippen LogP contribution in [0.4, 0.5) is 5.82 Å². The van der Waals surface area contributed by atoms with E-state index in [1.807, 2.05) is 36.4 Å². The number of likely N-dealkylation sites (N-methyl/N-ethyl adjacent to an activating group) is 1. The lowest BCUT2D eigenvalue weighted by molar-refractivity contribution is 0.312. The quantitative estimate of drug-likeness (QED) is 0.293. The molecular formula is C34H33N5O2. The van der Waals surface area contributed by atoms with Gasteiger partial charge in [-0.25, -0.2) is 0 Å². The number of hydrogen-bond donors (Lipinski definition) is 2. The third-order valence-corrected chi connectivity index (χ3v) is 9.03. The summed E-state index contributed by atoms with van der Waals surface area (Å²) in [6, 6.07) is 25.7. The van der Waals surface area contributed by atoms with Gasteiger partial charge in [0, 0.05) is 43.6 Å². The van der Waals surface area contributed by atoms with E-state index < -0.39 is 0 Å². The number of piperazine rings is 1. The second-order valence-corrected chi connectivity index (χ2v) is 11.7. The molecule has 4 aromatic carbocycles. The molecule has 4 heterocycles. The van der Waals surface area contributed by atoms with E-state index in [1.54, 1.807) is 0 Å². The molecule has 1 aromatic heterocycles. The molecule has 2 bridgehead atoms. The van der Waals surface area contributed by atoms with Gasteiger partial charge in [0.05, 0.1) is 5.52 Å². The van der Waals surface area contributed by atoms with Gasteiger partial charge >= 0.3 is 6.01 Å². The van der Waals surface area contributed by atoms with Crippen molar-refractivity contribution in [1.82, 2.24) is 20.2 Å². The zero-order valence-electron chi connectivity index (χ0n) is 23.2. The maximum atomic E-state index is 10.5. The summed E-state index contributed by atoms with van der Waals surface area (Å²) in [4.78, 5) is 14.9. The molecule has 0 saturated carbocycles. The number of aromatic nitrogens is 2. The Balaban J connectivity index is 1.26. The number of ether oxygens (including phenoxy) is 1. The predicted octanol–water partition coefficient (Wildman–Crippen LogP) is 5.88. The van der Waals surface area contributed by atoms with Crippen molar-refractivity contribution >= 4 is 27.5 Å². The number of hydrogen-bond acceptors (Lipinski definition) is 7. The van der Waals surface area contributed by atoms with Gasteiger partial charge in [-0.1, -0.05) is 36.4 Å². The van der Waals surface area contributed by atoms with Crippen molar-refractivity contribution in [3.8, 4) is 28.6 Å². The van der Waals surface area contributed by atoms with Crippen molar-refractivity contribution in [3.63, 3.8) is 0 Å². The molecule has 5 aromatic rings. The molecule has 206 valence electrons. The molecule has 2 atom stereocenters. The van der Waals surface area contributed by atoms with Gasteiger partial charge in [-0.05, 0) is 95.7 Å². The number of rotatable bonds is 4. The number of nitrogens with one attached hydrogen (secondary N) is 1. The molecule has 2 N–H and O–H groups in total. The Morgan fingerprint density at radius 3 is 2.61 bits per heavy atom. The number of benzene rings is 4. The highest BCUT2D eigenvalue weighted by molar-refractivity contribution is 6.01. The second-order valence-electron chi connectivity index (χ2n) is 11.7. The Hall–Kier alpha value is -4.20. The maximum Gasteiger partial charge on any atom is 0.324 e. The Morgan fingerprint density at radius 1 is 0.878 bits per heavy atom.